The van der Waals surface area contributed by atoms with Crippen LogP contribution in [-0.2, 0) is 21.2 Å². The van der Waals surface area contributed by atoms with E-state index in [9.17, 15) is 13.2 Å². The van der Waals surface area contributed by atoms with Crippen molar-refractivity contribution in [1.82, 2.24) is 20.6 Å². The minimum absolute atomic E-state index is 0.0791. The number of amides is 1. The fourth-order valence-electron chi connectivity index (χ4n) is 3.26. The summed E-state index contributed by atoms with van der Waals surface area (Å²) in [7, 11) is -4.12. The summed E-state index contributed by atoms with van der Waals surface area (Å²) in [5, 5.41) is 22.2. The highest BCUT2D eigenvalue weighted by atomic mass is 32.2. The van der Waals surface area contributed by atoms with E-state index in [4.69, 9.17) is 10.9 Å². The zero-order valence-electron chi connectivity index (χ0n) is 15.0. The van der Waals surface area contributed by atoms with Gasteiger partial charge in [0.2, 0.25) is 21.8 Å². The van der Waals surface area contributed by atoms with Gasteiger partial charge in [-0.2, -0.15) is 5.21 Å². The lowest BCUT2D eigenvalue weighted by molar-refractivity contribution is -0.115. The zero-order valence-corrected chi connectivity index (χ0v) is 16.7. The van der Waals surface area contributed by atoms with Gasteiger partial charge in [-0.3, -0.25) is 4.79 Å². The van der Waals surface area contributed by atoms with E-state index < -0.39 is 10.0 Å². The van der Waals surface area contributed by atoms with Crippen LogP contribution in [0.2, 0.25) is 0 Å². The van der Waals surface area contributed by atoms with E-state index in [0.29, 0.717) is 28.3 Å². The molecule has 3 aromatic rings. The fourth-order valence-corrected chi connectivity index (χ4v) is 5.35. The third-order valence-corrected chi connectivity index (χ3v) is 6.61. The molecular weight excluding hydrogens is 414 g/mol. The number of carbonyl (C=O) groups is 1. The Balaban J connectivity index is 1.98. The maximum Gasteiger partial charge on any atom is 0.239 e. The summed E-state index contributed by atoms with van der Waals surface area (Å²) in [6.07, 6.45) is 0.257. The fraction of sp³-hybridized carbons (Fsp3) is 0.176. The van der Waals surface area contributed by atoms with Gasteiger partial charge in [0.25, 0.3) is 0 Å². The molecule has 2 aromatic carbocycles. The Bertz CT molecular complexity index is 1190. The van der Waals surface area contributed by atoms with Crippen LogP contribution in [0.4, 0.5) is 5.69 Å². The molecule has 0 aliphatic carbocycles. The van der Waals surface area contributed by atoms with E-state index in [1.807, 2.05) is 6.07 Å². The van der Waals surface area contributed by atoms with Crippen molar-refractivity contribution in [1.29, 1.82) is 0 Å². The monoisotopic (exact) mass is 431 g/mol. The number of sulfonamides is 1. The summed E-state index contributed by atoms with van der Waals surface area (Å²) in [5.74, 6) is 0.531. The molecule has 2 heterocycles. The Labute approximate surface area is 170 Å². The number of hydrogen-bond acceptors (Lipinski definition) is 8. The molecule has 1 aromatic heterocycles. The Hall–Kier alpha value is -2.80. The first-order valence-corrected chi connectivity index (χ1v) is 11.1. The van der Waals surface area contributed by atoms with Crippen molar-refractivity contribution < 1.29 is 13.2 Å². The van der Waals surface area contributed by atoms with Crippen LogP contribution >= 0.6 is 11.8 Å². The Morgan fingerprint density at radius 3 is 2.72 bits per heavy atom. The van der Waals surface area contributed by atoms with Gasteiger partial charge in [0.1, 0.15) is 4.90 Å². The molecule has 0 saturated carbocycles. The molecule has 1 aliphatic heterocycles. The normalized spacial score (nSPS) is 13.4. The van der Waals surface area contributed by atoms with E-state index in [1.165, 1.54) is 11.8 Å². The zero-order chi connectivity index (χ0) is 20.6. The van der Waals surface area contributed by atoms with Gasteiger partial charge in [0, 0.05) is 22.9 Å². The van der Waals surface area contributed by atoms with Crippen molar-refractivity contribution in [3.63, 3.8) is 0 Å². The lowest BCUT2D eigenvalue weighted by Gasteiger charge is -2.16. The number of aromatic nitrogens is 4. The average molecular weight is 432 g/mol. The highest BCUT2D eigenvalue weighted by Crippen LogP contribution is 2.41. The summed E-state index contributed by atoms with van der Waals surface area (Å²) in [4.78, 5) is 12.1. The van der Waals surface area contributed by atoms with Crippen molar-refractivity contribution in [2.75, 3.05) is 17.6 Å². The van der Waals surface area contributed by atoms with Crippen LogP contribution < -0.4 is 16.2 Å². The van der Waals surface area contributed by atoms with Gasteiger partial charge in [-0.15, -0.1) is 22.0 Å². The number of fused-ring (bicyclic) bond motifs is 1. The highest BCUT2D eigenvalue weighted by Gasteiger charge is 2.27. The van der Waals surface area contributed by atoms with E-state index >= 15 is 0 Å². The van der Waals surface area contributed by atoms with Crippen molar-refractivity contribution in [3.8, 4) is 22.5 Å². The number of nitrogens with zero attached hydrogens (tertiary/aromatic N) is 3. The maximum atomic E-state index is 12.5. The van der Waals surface area contributed by atoms with Crippen LogP contribution in [-0.4, -0.2) is 47.2 Å². The molecule has 0 unspecified atom stereocenters. The maximum absolute atomic E-state index is 12.5. The number of nitrogens with two attached hydrogens (primary N) is 2. The third kappa shape index (κ3) is 3.74. The number of H-pyrrole nitrogens is 1. The summed E-state index contributed by atoms with van der Waals surface area (Å²) in [6.45, 7) is 0.375. The van der Waals surface area contributed by atoms with E-state index in [0.717, 1.165) is 11.3 Å². The molecule has 0 saturated heterocycles. The number of primary sulfonamides is 1. The number of nitrogens with one attached hydrogen (secondary N) is 2. The molecule has 10 nitrogen and oxygen atoms in total. The van der Waals surface area contributed by atoms with Gasteiger partial charge in [-0.1, -0.05) is 12.1 Å². The summed E-state index contributed by atoms with van der Waals surface area (Å²) in [5.41, 5.74) is 8.66. The summed E-state index contributed by atoms with van der Waals surface area (Å²) in [6, 6.07) is 8.89. The molecule has 12 heteroatoms. The minimum atomic E-state index is -4.12. The second-order valence-electron chi connectivity index (χ2n) is 6.33. The first-order valence-electron chi connectivity index (χ1n) is 8.58. The predicted octanol–water partition coefficient (Wildman–Crippen LogP) is 0.726. The number of anilines is 1. The molecule has 0 bridgehead atoms. The first kappa shape index (κ1) is 19.5. The van der Waals surface area contributed by atoms with Crippen molar-refractivity contribution in [3.05, 3.63) is 35.9 Å². The first-order chi connectivity index (χ1) is 13.9. The predicted molar refractivity (Wildman–Crippen MR) is 109 cm³/mol. The minimum Gasteiger partial charge on any atom is -0.330 e. The topological polar surface area (TPSA) is 170 Å². The second-order valence-corrected chi connectivity index (χ2v) is 8.96. The van der Waals surface area contributed by atoms with Crippen molar-refractivity contribution in [2.24, 2.45) is 10.9 Å². The molecule has 1 aliphatic rings. The summed E-state index contributed by atoms with van der Waals surface area (Å²) < 4.78 is 25.1. The van der Waals surface area contributed by atoms with E-state index in [-0.39, 0.29) is 28.6 Å². The molecule has 0 fully saturated rings. The van der Waals surface area contributed by atoms with Crippen LogP contribution in [0.1, 0.15) is 5.56 Å². The van der Waals surface area contributed by atoms with Crippen molar-refractivity contribution in [2.45, 2.75) is 16.2 Å². The average Bonchev–Trinajstić information content (AvgIpc) is 3.32. The molecule has 1 amide bonds. The van der Waals surface area contributed by atoms with Gasteiger partial charge < -0.3 is 11.1 Å². The molecule has 0 atom stereocenters. The van der Waals surface area contributed by atoms with Gasteiger partial charge >= 0.3 is 0 Å². The van der Waals surface area contributed by atoms with E-state index in [1.54, 1.807) is 24.3 Å². The molecule has 6 N–H and O–H groups in total. The SMILES string of the molecule is NCCSc1ccc(-c2ccc3c(c2)CC(=O)N3)c(-c2nn[nH]n2)c1S(N)(=O)=O. The second kappa shape index (κ2) is 7.55. The number of carbonyl (C=O) groups excluding carboxylic acids is 1. The Morgan fingerprint density at radius 1 is 1.21 bits per heavy atom. The molecular formula is C17H17N7O3S2. The number of aromatic amines is 1. The van der Waals surface area contributed by atoms with Crippen LogP contribution in [0.3, 0.4) is 0 Å². The smallest absolute Gasteiger partial charge is 0.239 e. The number of tetrazole rings is 1. The molecule has 29 heavy (non-hydrogen) atoms. The lowest BCUT2D eigenvalue weighted by atomic mass is 9.96. The van der Waals surface area contributed by atoms with Gasteiger partial charge in [0.15, 0.2) is 0 Å². The molecule has 0 spiro atoms. The largest absolute Gasteiger partial charge is 0.330 e. The van der Waals surface area contributed by atoms with Crippen molar-refractivity contribution >= 4 is 33.4 Å². The van der Waals surface area contributed by atoms with Gasteiger partial charge in [-0.05, 0) is 40.1 Å². The number of benzene rings is 2. The Morgan fingerprint density at radius 2 is 2.03 bits per heavy atom. The van der Waals surface area contributed by atoms with E-state index in [2.05, 4.69) is 25.9 Å². The lowest BCUT2D eigenvalue weighted by Crippen LogP contribution is -2.16. The number of hydrogen-bond donors (Lipinski definition) is 4. The highest BCUT2D eigenvalue weighted by molar-refractivity contribution is 8.00. The van der Waals surface area contributed by atoms with Crippen LogP contribution in [0.5, 0.6) is 0 Å². The molecule has 0 radical (unpaired) electrons. The molecule has 4 rings (SSSR count). The van der Waals surface area contributed by atoms with Crippen LogP contribution in [0.25, 0.3) is 22.5 Å². The number of thioether (sulfide) groups is 1. The van der Waals surface area contributed by atoms with Crippen LogP contribution in [0.15, 0.2) is 40.1 Å². The third-order valence-electron chi connectivity index (χ3n) is 4.39. The Kier molecular flexibility index (Phi) is 5.08. The van der Waals surface area contributed by atoms with Gasteiger partial charge in [-0.25, -0.2) is 13.6 Å². The van der Waals surface area contributed by atoms with Gasteiger partial charge in [0.05, 0.1) is 12.0 Å². The summed E-state index contributed by atoms with van der Waals surface area (Å²) >= 11 is 1.28. The molecule has 150 valence electrons. The number of rotatable bonds is 6. The van der Waals surface area contributed by atoms with Crippen LogP contribution in [0, 0.1) is 0 Å². The standard InChI is InChI=1S/C17H17N7O3S2/c18-5-6-28-13-4-2-11(9-1-3-12-10(7-9)8-14(25)20-12)15(16(13)29(19,26)27)17-21-23-24-22-17/h1-4,7H,5-6,8,18H2,(H,20,25)(H2,19,26,27)(H,21,22,23,24). The quantitative estimate of drug-likeness (QED) is 0.414.